The molecular formula is C13H25N3O2. The molecule has 0 aromatic rings. The van der Waals surface area contributed by atoms with Crippen molar-refractivity contribution in [3.05, 3.63) is 0 Å². The Morgan fingerprint density at radius 2 is 2.33 bits per heavy atom. The maximum absolute atomic E-state index is 12.3. The number of ether oxygens (including phenoxy) is 1. The number of rotatable bonds is 4. The van der Waals surface area contributed by atoms with Crippen molar-refractivity contribution in [1.29, 1.82) is 0 Å². The van der Waals surface area contributed by atoms with Crippen LogP contribution in [0.1, 0.15) is 20.3 Å². The van der Waals surface area contributed by atoms with E-state index >= 15 is 0 Å². The standard InChI is InChI=1S/C13H25N3O2/c1-4-10(2)12-13(17)16(9-14-12)8-11-7-15(3)5-6-18-11/h10-12,14H,4-9H2,1-3H3. The van der Waals surface area contributed by atoms with E-state index in [9.17, 15) is 4.79 Å². The average Bonchev–Trinajstić information content (AvgIpc) is 2.70. The van der Waals surface area contributed by atoms with E-state index in [1.807, 2.05) is 4.90 Å². The summed E-state index contributed by atoms with van der Waals surface area (Å²) in [5.41, 5.74) is 0. The van der Waals surface area contributed by atoms with Gasteiger partial charge in [0, 0.05) is 19.6 Å². The molecule has 104 valence electrons. The lowest BCUT2D eigenvalue weighted by atomic mass is 9.99. The van der Waals surface area contributed by atoms with Gasteiger partial charge in [-0.15, -0.1) is 0 Å². The minimum absolute atomic E-state index is 0.00341. The number of morpholine rings is 1. The van der Waals surface area contributed by atoms with Gasteiger partial charge >= 0.3 is 0 Å². The van der Waals surface area contributed by atoms with Crippen molar-refractivity contribution in [1.82, 2.24) is 15.1 Å². The van der Waals surface area contributed by atoms with Gasteiger partial charge in [0.25, 0.3) is 0 Å². The molecule has 2 aliphatic rings. The highest BCUT2D eigenvalue weighted by atomic mass is 16.5. The van der Waals surface area contributed by atoms with E-state index in [1.54, 1.807) is 0 Å². The molecule has 3 atom stereocenters. The molecule has 0 aliphatic carbocycles. The van der Waals surface area contributed by atoms with Crippen molar-refractivity contribution in [2.75, 3.05) is 40.0 Å². The Morgan fingerprint density at radius 3 is 3.00 bits per heavy atom. The first kappa shape index (κ1) is 13.8. The number of carbonyl (C=O) groups is 1. The highest BCUT2D eigenvalue weighted by molar-refractivity contribution is 5.84. The van der Waals surface area contributed by atoms with Crippen LogP contribution in [0.4, 0.5) is 0 Å². The fraction of sp³-hybridized carbons (Fsp3) is 0.923. The van der Waals surface area contributed by atoms with Gasteiger partial charge in [0.15, 0.2) is 0 Å². The van der Waals surface area contributed by atoms with Gasteiger partial charge < -0.3 is 14.5 Å². The number of hydrogen-bond acceptors (Lipinski definition) is 4. The number of carbonyl (C=O) groups excluding carboxylic acids is 1. The Morgan fingerprint density at radius 1 is 1.56 bits per heavy atom. The SMILES string of the molecule is CCC(C)C1NCN(CC2CN(C)CCO2)C1=O. The quantitative estimate of drug-likeness (QED) is 0.775. The zero-order valence-electron chi connectivity index (χ0n) is 11.7. The molecule has 0 saturated carbocycles. The third-order valence-electron chi connectivity index (χ3n) is 4.06. The monoisotopic (exact) mass is 255 g/mol. The van der Waals surface area contributed by atoms with Crippen molar-refractivity contribution in [2.45, 2.75) is 32.4 Å². The van der Waals surface area contributed by atoms with E-state index in [-0.39, 0.29) is 18.1 Å². The van der Waals surface area contributed by atoms with E-state index in [0.717, 1.165) is 26.1 Å². The van der Waals surface area contributed by atoms with E-state index < -0.39 is 0 Å². The van der Waals surface area contributed by atoms with Gasteiger partial charge in [-0.1, -0.05) is 20.3 Å². The van der Waals surface area contributed by atoms with E-state index in [1.165, 1.54) is 0 Å². The Hall–Kier alpha value is -0.650. The van der Waals surface area contributed by atoms with Crippen LogP contribution in [0, 0.1) is 5.92 Å². The third kappa shape index (κ3) is 3.02. The zero-order chi connectivity index (χ0) is 13.1. The van der Waals surface area contributed by atoms with Gasteiger partial charge in [-0.05, 0) is 13.0 Å². The van der Waals surface area contributed by atoms with E-state index in [0.29, 0.717) is 19.1 Å². The predicted octanol–water partition coefficient (Wildman–Crippen LogP) is 0.121. The second-order valence-electron chi connectivity index (χ2n) is 5.54. The third-order valence-corrected chi connectivity index (χ3v) is 4.06. The molecule has 2 fully saturated rings. The van der Waals surface area contributed by atoms with Crippen LogP contribution in [0.25, 0.3) is 0 Å². The molecule has 2 rings (SSSR count). The Balaban J connectivity index is 1.85. The smallest absolute Gasteiger partial charge is 0.241 e. The summed E-state index contributed by atoms with van der Waals surface area (Å²) in [6, 6.07) is -0.00341. The van der Waals surface area contributed by atoms with Crippen LogP contribution < -0.4 is 5.32 Å². The molecular weight excluding hydrogens is 230 g/mol. The van der Waals surface area contributed by atoms with Gasteiger partial charge in [0.2, 0.25) is 5.91 Å². The average molecular weight is 255 g/mol. The van der Waals surface area contributed by atoms with Crippen LogP contribution in [0.2, 0.25) is 0 Å². The van der Waals surface area contributed by atoms with Crippen LogP contribution >= 0.6 is 0 Å². The van der Waals surface area contributed by atoms with Crippen LogP contribution in [-0.4, -0.2) is 67.8 Å². The summed E-state index contributed by atoms with van der Waals surface area (Å²) in [5, 5.41) is 3.32. The molecule has 2 saturated heterocycles. The normalized spacial score (nSPS) is 31.9. The van der Waals surface area contributed by atoms with Gasteiger partial charge in [-0.25, -0.2) is 0 Å². The van der Waals surface area contributed by atoms with E-state index in [4.69, 9.17) is 4.74 Å². The molecule has 0 aromatic heterocycles. The molecule has 5 nitrogen and oxygen atoms in total. The van der Waals surface area contributed by atoms with Crippen LogP contribution in [-0.2, 0) is 9.53 Å². The first-order valence-electron chi connectivity index (χ1n) is 6.94. The maximum atomic E-state index is 12.3. The summed E-state index contributed by atoms with van der Waals surface area (Å²) in [6.07, 6.45) is 1.19. The van der Waals surface area contributed by atoms with Gasteiger partial charge in [0.05, 0.1) is 25.4 Å². The lowest BCUT2D eigenvalue weighted by Gasteiger charge is -2.32. The maximum Gasteiger partial charge on any atom is 0.241 e. The summed E-state index contributed by atoms with van der Waals surface area (Å²) in [7, 11) is 2.10. The van der Waals surface area contributed by atoms with Crippen molar-refractivity contribution >= 4 is 5.91 Å². The van der Waals surface area contributed by atoms with Crippen molar-refractivity contribution in [2.24, 2.45) is 5.92 Å². The summed E-state index contributed by atoms with van der Waals surface area (Å²) >= 11 is 0. The van der Waals surface area contributed by atoms with Crippen LogP contribution in [0.15, 0.2) is 0 Å². The lowest BCUT2D eigenvalue weighted by molar-refractivity contribution is -0.132. The number of amides is 1. The first-order chi connectivity index (χ1) is 8.61. The topological polar surface area (TPSA) is 44.8 Å². The molecule has 2 aliphatic heterocycles. The predicted molar refractivity (Wildman–Crippen MR) is 70.2 cm³/mol. The molecule has 3 unspecified atom stereocenters. The number of hydrogen-bond donors (Lipinski definition) is 1. The molecule has 2 heterocycles. The van der Waals surface area contributed by atoms with Crippen LogP contribution in [0.3, 0.4) is 0 Å². The largest absolute Gasteiger partial charge is 0.374 e. The fourth-order valence-corrected chi connectivity index (χ4v) is 2.63. The molecule has 18 heavy (non-hydrogen) atoms. The van der Waals surface area contributed by atoms with Crippen molar-refractivity contribution in [3.63, 3.8) is 0 Å². The number of nitrogens with zero attached hydrogens (tertiary/aromatic N) is 2. The van der Waals surface area contributed by atoms with E-state index in [2.05, 4.69) is 31.1 Å². The summed E-state index contributed by atoms with van der Waals surface area (Å²) < 4.78 is 5.72. The Bertz CT molecular complexity index is 298. The highest BCUT2D eigenvalue weighted by Crippen LogP contribution is 2.16. The molecule has 5 heteroatoms. The molecule has 1 amide bonds. The summed E-state index contributed by atoms with van der Waals surface area (Å²) in [6.45, 7) is 8.30. The highest BCUT2D eigenvalue weighted by Gasteiger charge is 2.35. The summed E-state index contributed by atoms with van der Waals surface area (Å²) in [4.78, 5) is 16.4. The number of likely N-dealkylation sites (N-methyl/N-ethyl adjacent to an activating group) is 1. The summed E-state index contributed by atoms with van der Waals surface area (Å²) in [5.74, 6) is 0.638. The fourth-order valence-electron chi connectivity index (χ4n) is 2.63. The Kier molecular flexibility index (Phi) is 4.59. The second-order valence-corrected chi connectivity index (χ2v) is 5.54. The van der Waals surface area contributed by atoms with Crippen molar-refractivity contribution < 1.29 is 9.53 Å². The lowest BCUT2D eigenvalue weighted by Crippen LogP contribution is -2.47. The zero-order valence-corrected chi connectivity index (χ0v) is 11.7. The van der Waals surface area contributed by atoms with Gasteiger partial charge in [-0.2, -0.15) is 0 Å². The molecule has 0 radical (unpaired) electrons. The van der Waals surface area contributed by atoms with Gasteiger partial charge in [0.1, 0.15) is 0 Å². The van der Waals surface area contributed by atoms with Crippen molar-refractivity contribution in [3.8, 4) is 0 Å². The number of nitrogens with one attached hydrogen (secondary N) is 1. The first-order valence-corrected chi connectivity index (χ1v) is 6.94. The Labute approximate surface area is 109 Å². The molecule has 0 aromatic carbocycles. The molecule has 0 bridgehead atoms. The minimum Gasteiger partial charge on any atom is -0.374 e. The molecule has 1 N–H and O–H groups in total. The molecule has 0 spiro atoms. The van der Waals surface area contributed by atoms with Gasteiger partial charge in [-0.3, -0.25) is 10.1 Å². The second kappa shape index (κ2) is 5.99. The van der Waals surface area contributed by atoms with Crippen LogP contribution in [0.5, 0.6) is 0 Å². The minimum atomic E-state index is -0.00341.